The van der Waals surface area contributed by atoms with Crippen LogP contribution in [-0.2, 0) is 5.66 Å². The molecule has 1 aromatic carbocycles. The fourth-order valence-electron chi connectivity index (χ4n) is 4.87. The van der Waals surface area contributed by atoms with Crippen LogP contribution in [0.3, 0.4) is 0 Å². The van der Waals surface area contributed by atoms with Crippen molar-refractivity contribution in [2.75, 3.05) is 0 Å². The van der Waals surface area contributed by atoms with Gasteiger partial charge in [-0.15, -0.1) is 5.92 Å². The molecular weight excluding hydrogens is 384 g/mol. The highest BCUT2D eigenvalue weighted by molar-refractivity contribution is 6.41. The number of rotatable bonds is 3. The van der Waals surface area contributed by atoms with Crippen LogP contribution in [-0.4, -0.2) is 27.7 Å². The molecule has 0 amide bonds. The summed E-state index contributed by atoms with van der Waals surface area (Å²) in [5.41, 5.74) is 11.2. The minimum absolute atomic E-state index is 0.230. The highest BCUT2D eigenvalue weighted by Crippen LogP contribution is 2.55. The monoisotopic (exact) mass is 414 g/mol. The summed E-state index contributed by atoms with van der Waals surface area (Å²) in [7, 11) is 0. The van der Waals surface area contributed by atoms with Crippen LogP contribution in [0.4, 0.5) is 0 Å². The number of amidine groups is 1. The van der Waals surface area contributed by atoms with Crippen LogP contribution in [0.5, 0.6) is 0 Å². The van der Waals surface area contributed by atoms with E-state index in [2.05, 4.69) is 54.9 Å². The number of aromatic nitrogens is 1. The van der Waals surface area contributed by atoms with Gasteiger partial charge in [-0.1, -0.05) is 25.0 Å². The van der Waals surface area contributed by atoms with E-state index in [-0.39, 0.29) is 11.5 Å². The first kappa shape index (κ1) is 21.3. The number of aliphatic hydroxyl groups excluding tert-OH is 1. The molecule has 2 aromatic rings. The zero-order chi connectivity index (χ0) is 22.2. The number of hydrogen-bond acceptors (Lipinski definition) is 5. The number of aliphatic hydroxyl groups is 1. The van der Waals surface area contributed by atoms with Gasteiger partial charge in [0.2, 0.25) is 0 Å². The van der Waals surface area contributed by atoms with E-state index in [4.69, 9.17) is 15.7 Å². The molecule has 1 aliphatic carbocycles. The highest BCUT2D eigenvalue weighted by atomic mass is 16.3. The lowest BCUT2D eigenvalue weighted by molar-refractivity contribution is 0.0252. The molecule has 4 rings (SSSR count). The Morgan fingerprint density at radius 1 is 1.06 bits per heavy atom. The van der Waals surface area contributed by atoms with Crippen molar-refractivity contribution in [2.24, 2.45) is 21.1 Å². The van der Waals surface area contributed by atoms with Crippen molar-refractivity contribution >= 4 is 11.5 Å². The molecule has 1 saturated carbocycles. The van der Waals surface area contributed by atoms with E-state index in [0.29, 0.717) is 5.84 Å². The summed E-state index contributed by atoms with van der Waals surface area (Å²) in [4.78, 5) is 14.5. The second-order valence-corrected chi connectivity index (χ2v) is 9.03. The average molecular weight is 415 g/mol. The van der Waals surface area contributed by atoms with Gasteiger partial charge in [-0.2, -0.15) is 0 Å². The maximum atomic E-state index is 10.1. The Morgan fingerprint density at radius 3 is 2.45 bits per heavy atom. The third kappa shape index (κ3) is 3.66. The normalized spacial score (nSPS) is 27.8. The molecule has 160 valence electrons. The van der Waals surface area contributed by atoms with Crippen molar-refractivity contribution < 1.29 is 5.11 Å². The van der Waals surface area contributed by atoms with Crippen LogP contribution >= 0.6 is 0 Å². The second kappa shape index (κ2) is 7.94. The van der Waals surface area contributed by atoms with Crippen LogP contribution in [0.2, 0.25) is 0 Å². The molecule has 5 heteroatoms. The molecule has 5 nitrogen and oxygen atoms in total. The van der Waals surface area contributed by atoms with Crippen molar-refractivity contribution in [1.29, 1.82) is 0 Å². The van der Waals surface area contributed by atoms with E-state index in [0.717, 1.165) is 59.2 Å². The number of pyridine rings is 1. The lowest BCUT2D eigenvalue weighted by Crippen LogP contribution is -2.44. The molecule has 1 fully saturated rings. The Labute approximate surface area is 184 Å². The molecule has 0 saturated heterocycles. The zero-order valence-electron chi connectivity index (χ0n) is 18.7. The van der Waals surface area contributed by atoms with Crippen LogP contribution in [0.15, 0.2) is 46.6 Å². The van der Waals surface area contributed by atoms with Gasteiger partial charge in [0, 0.05) is 34.5 Å². The van der Waals surface area contributed by atoms with E-state index in [9.17, 15) is 5.11 Å². The Kier molecular flexibility index (Phi) is 5.45. The van der Waals surface area contributed by atoms with E-state index in [1.807, 2.05) is 20.0 Å². The topological polar surface area (TPSA) is 83.9 Å². The summed E-state index contributed by atoms with van der Waals surface area (Å²) < 4.78 is 0. The summed E-state index contributed by atoms with van der Waals surface area (Å²) in [6.07, 6.45) is 6.58. The molecule has 1 aromatic heterocycles. The SMILES string of the molecule is CC#Cc1cncc(-c2ccc(C)c([C@]3(C4(C)CCC(O)CC4)N=C(C)C(N)=N3)c2)c1. The number of aliphatic imine (C=N–C) groups is 2. The molecule has 0 unspecified atom stereocenters. The first-order valence-corrected chi connectivity index (χ1v) is 10.9. The molecule has 0 bridgehead atoms. The minimum Gasteiger partial charge on any atom is -0.393 e. The highest BCUT2D eigenvalue weighted by Gasteiger charge is 2.53. The van der Waals surface area contributed by atoms with Gasteiger partial charge in [-0.25, -0.2) is 4.99 Å². The van der Waals surface area contributed by atoms with E-state index < -0.39 is 5.66 Å². The zero-order valence-corrected chi connectivity index (χ0v) is 18.7. The number of aryl methyl sites for hydroxylation is 1. The van der Waals surface area contributed by atoms with Crippen molar-refractivity contribution in [3.8, 4) is 23.0 Å². The fourth-order valence-corrected chi connectivity index (χ4v) is 4.87. The molecule has 3 N–H and O–H groups in total. The first-order chi connectivity index (χ1) is 14.8. The van der Waals surface area contributed by atoms with Gasteiger partial charge in [0.05, 0.1) is 11.8 Å². The Morgan fingerprint density at radius 2 is 1.81 bits per heavy atom. The average Bonchev–Trinajstić information content (AvgIpc) is 3.07. The van der Waals surface area contributed by atoms with Crippen molar-refractivity contribution in [3.05, 3.63) is 53.3 Å². The summed E-state index contributed by atoms with van der Waals surface area (Å²) in [5, 5.41) is 10.1. The van der Waals surface area contributed by atoms with Gasteiger partial charge in [-0.05, 0) is 69.7 Å². The van der Waals surface area contributed by atoms with Gasteiger partial charge in [0.15, 0.2) is 5.66 Å². The smallest absolute Gasteiger partial charge is 0.184 e. The van der Waals surface area contributed by atoms with Gasteiger partial charge < -0.3 is 10.8 Å². The predicted octanol–water partition coefficient (Wildman–Crippen LogP) is 4.35. The largest absolute Gasteiger partial charge is 0.393 e. The number of hydrogen-bond donors (Lipinski definition) is 2. The van der Waals surface area contributed by atoms with Crippen molar-refractivity contribution in [1.82, 2.24) is 4.98 Å². The number of benzene rings is 1. The van der Waals surface area contributed by atoms with E-state index >= 15 is 0 Å². The lowest BCUT2D eigenvalue weighted by Gasteiger charge is -2.46. The minimum atomic E-state index is -0.782. The Bertz CT molecular complexity index is 1110. The van der Waals surface area contributed by atoms with Crippen LogP contribution in [0.1, 0.15) is 63.1 Å². The van der Waals surface area contributed by atoms with E-state index in [1.54, 1.807) is 6.20 Å². The molecule has 2 heterocycles. The molecule has 0 radical (unpaired) electrons. The first-order valence-electron chi connectivity index (χ1n) is 10.9. The summed E-state index contributed by atoms with van der Waals surface area (Å²) in [6, 6.07) is 8.48. The van der Waals surface area contributed by atoms with Crippen molar-refractivity contribution in [3.63, 3.8) is 0 Å². The summed E-state index contributed by atoms with van der Waals surface area (Å²) >= 11 is 0. The van der Waals surface area contributed by atoms with E-state index in [1.165, 1.54) is 0 Å². The predicted molar refractivity (Wildman–Crippen MR) is 126 cm³/mol. The maximum Gasteiger partial charge on any atom is 0.184 e. The molecule has 2 aliphatic rings. The number of nitrogens with two attached hydrogens (primary N) is 1. The molecule has 0 spiro atoms. The molecule has 1 aliphatic heterocycles. The summed E-state index contributed by atoms with van der Waals surface area (Å²) in [6.45, 7) is 8.10. The molecule has 1 atom stereocenters. The van der Waals surface area contributed by atoms with Crippen LogP contribution in [0, 0.1) is 24.2 Å². The quantitative estimate of drug-likeness (QED) is 0.732. The molecular formula is C26H30N4O. The summed E-state index contributed by atoms with van der Waals surface area (Å²) in [5.74, 6) is 6.52. The van der Waals surface area contributed by atoms with Gasteiger partial charge >= 0.3 is 0 Å². The third-order valence-corrected chi connectivity index (χ3v) is 6.84. The Hall–Kier alpha value is -2.97. The van der Waals surface area contributed by atoms with Gasteiger partial charge in [0.25, 0.3) is 0 Å². The second-order valence-electron chi connectivity index (χ2n) is 9.03. The van der Waals surface area contributed by atoms with Gasteiger partial charge in [0.1, 0.15) is 5.84 Å². The lowest BCUT2D eigenvalue weighted by atomic mass is 9.63. The van der Waals surface area contributed by atoms with Crippen LogP contribution in [0.25, 0.3) is 11.1 Å². The third-order valence-electron chi connectivity index (χ3n) is 6.84. The molecule has 31 heavy (non-hydrogen) atoms. The van der Waals surface area contributed by atoms with Gasteiger partial charge in [-0.3, -0.25) is 9.98 Å². The van der Waals surface area contributed by atoms with Crippen LogP contribution < -0.4 is 5.73 Å². The Balaban J connectivity index is 1.88. The maximum absolute atomic E-state index is 10.1. The fraction of sp³-hybridized carbons (Fsp3) is 0.423. The van der Waals surface area contributed by atoms with Crippen molar-refractivity contribution in [2.45, 2.75) is 65.1 Å². The number of nitrogens with zero attached hydrogens (tertiary/aromatic N) is 3. The standard InChI is InChI=1S/C26H30N4O/c1-5-6-19-13-21(16-28-15-19)20-8-7-17(2)23(14-20)26(29-18(3)24(27)30-26)25(4)11-9-22(31)10-12-25/h7-8,13-16,22,31H,9-12H2,1-4H3,(H2,27,30)/t22?,25?,26-/m0/s1.